The Morgan fingerprint density at radius 1 is 1.03 bits per heavy atom. The Bertz CT molecular complexity index is 937. The molecule has 0 aliphatic rings. The van der Waals surface area contributed by atoms with Gasteiger partial charge in [0, 0.05) is 17.8 Å². The number of hydrazine groups is 1. The van der Waals surface area contributed by atoms with Crippen molar-refractivity contribution in [3.63, 3.8) is 0 Å². The van der Waals surface area contributed by atoms with E-state index in [0.29, 0.717) is 17.9 Å². The van der Waals surface area contributed by atoms with Gasteiger partial charge >= 0.3 is 0 Å². The molecule has 0 radical (unpaired) electrons. The van der Waals surface area contributed by atoms with Crippen LogP contribution in [0, 0.1) is 5.92 Å². The van der Waals surface area contributed by atoms with Gasteiger partial charge < -0.3 is 14.6 Å². The van der Waals surface area contributed by atoms with E-state index in [9.17, 15) is 19.2 Å². The molecule has 30 heavy (non-hydrogen) atoms. The number of rotatable bonds is 8. The molecule has 1 aromatic heterocycles. The van der Waals surface area contributed by atoms with Crippen molar-refractivity contribution in [3.8, 4) is 5.75 Å². The van der Waals surface area contributed by atoms with E-state index in [1.165, 1.54) is 16.8 Å². The van der Waals surface area contributed by atoms with Crippen LogP contribution in [0.15, 0.2) is 53.5 Å². The smallest absolute Gasteiger partial charge is 0.261 e. The molecule has 0 aliphatic heterocycles. The number of hydrogen-bond acceptors (Lipinski definition) is 5. The average Bonchev–Trinajstić information content (AvgIpc) is 2.72. The topological polar surface area (TPSA) is 119 Å². The SMILES string of the molecule is CCOc1ccc(C(=O)N[C@H](C(=O)NNC(=O)Cn2ccccc2=O)C(C)C)cc1. The molecular weight excluding hydrogens is 388 g/mol. The van der Waals surface area contributed by atoms with Crippen molar-refractivity contribution in [2.75, 3.05) is 6.61 Å². The van der Waals surface area contributed by atoms with E-state index >= 15 is 0 Å². The van der Waals surface area contributed by atoms with Crippen molar-refractivity contribution < 1.29 is 19.1 Å². The summed E-state index contributed by atoms with van der Waals surface area (Å²) in [5, 5.41) is 2.67. The number of benzene rings is 1. The van der Waals surface area contributed by atoms with E-state index in [4.69, 9.17) is 4.74 Å². The summed E-state index contributed by atoms with van der Waals surface area (Å²) >= 11 is 0. The number of carbonyl (C=O) groups excluding carboxylic acids is 3. The van der Waals surface area contributed by atoms with Gasteiger partial charge in [0.1, 0.15) is 18.3 Å². The van der Waals surface area contributed by atoms with Gasteiger partial charge in [-0.05, 0) is 43.2 Å². The lowest BCUT2D eigenvalue weighted by Crippen LogP contribution is -2.54. The zero-order chi connectivity index (χ0) is 22.1. The first-order chi connectivity index (χ1) is 14.3. The molecule has 1 atom stereocenters. The van der Waals surface area contributed by atoms with Crippen molar-refractivity contribution >= 4 is 17.7 Å². The van der Waals surface area contributed by atoms with Crippen molar-refractivity contribution in [2.24, 2.45) is 5.92 Å². The summed E-state index contributed by atoms with van der Waals surface area (Å²) in [6.45, 7) is 5.68. The molecule has 2 rings (SSSR count). The van der Waals surface area contributed by atoms with E-state index < -0.39 is 23.8 Å². The van der Waals surface area contributed by atoms with Crippen LogP contribution in [0.4, 0.5) is 0 Å². The van der Waals surface area contributed by atoms with Gasteiger partial charge in [-0.25, -0.2) is 0 Å². The highest BCUT2D eigenvalue weighted by atomic mass is 16.5. The summed E-state index contributed by atoms with van der Waals surface area (Å²) in [5.74, 6) is -1.15. The maximum atomic E-state index is 12.5. The molecule has 9 nitrogen and oxygen atoms in total. The quantitative estimate of drug-likeness (QED) is 0.554. The Morgan fingerprint density at radius 3 is 2.33 bits per heavy atom. The van der Waals surface area contributed by atoms with E-state index in [1.54, 1.807) is 50.2 Å². The molecule has 1 aromatic carbocycles. The first-order valence-electron chi connectivity index (χ1n) is 9.59. The third kappa shape index (κ3) is 6.47. The van der Waals surface area contributed by atoms with Gasteiger partial charge in [0.15, 0.2) is 0 Å². The van der Waals surface area contributed by atoms with Crippen molar-refractivity contribution in [1.29, 1.82) is 0 Å². The summed E-state index contributed by atoms with van der Waals surface area (Å²) in [5.41, 5.74) is 4.61. The average molecular weight is 414 g/mol. The number of amides is 3. The zero-order valence-electron chi connectivity index (χ0n) is 17.2. The fourth-order valence-electron chi connectivity index (χ4n) is 2.62. The van der Waals surface area contributed by atoms with Gasteiger partial charge in [0.2, 0.25) is 0 Å². The predicted molar refractivity (Wildman–Crippen MR) is 111 cm³/mol. The standard InChI is InChI=1S/C21H26N4O5/c1-4-30-16-10-8-15(9-11-16)20(28)22-19(14(2)3)21(29)24-23-17(26)13-25-12-6-5-7-18(25)27/h5-12,14,19H,4,13H2,1-3H3,(H,22,28)(H,23,26)(H,24,29)/t19-/m0/s1. The summed E-state index contributed by atoms with van der Waals surface area (Å²) in [6, 6.07) is 10.2. The second kappa shape index (κ2) is 10.8. The molecule has 160 valence electrons. The highest BCUT2D eigenvalue weighted by Crippen LogP contribution is 2.12. The highest BCUT2D eigenvalue weighted by Gasteiger charge is 2.25. The van der Waals surface area contributed by atoms with Crippen LogP contribution >= 0.6 is 0 Å². The van der Waals surface area contributed by atoms with Gasteiger partial charge in [0.25, 0.3) is 23.3 Å². The van der Waals surface area contributed by atoms with Gasteiger partial charge in [0.05, 0.1) is 6.61 Å². The minimum atomic E-state index is -0.871. The number of aromatic nitrogens is 1. The normalized spacial score (nSPS) is 11.5. The number of pyridine rings is 1. The number of ether oxygens (including phenoxy) is 1. The predicted octanol–water partition coefficient (Wildman–Crippen LogP) is 0.849. The van der Waals surface area contributed by atoms with Crippen molar-refractivity contribution in [1.82, 2.24) is 20.7 Å². The van der Waals surface area contributed by atoms with Crippen LogP contribution in [-0.4, -0.2) is 34.9 Å². The molecule has 3 N–H and O–H groups in total. The Morgan fingerprint density at radius 2 is 1.73 bits per heavy atom. The Hall–Kier alpha value is -3.62. The lowest BCUT2D eigenvalue weighted by molar-refractivity contribution is -0.130. The lowest BCUT2D eigenvalue weighted by atomic mass is 10.0. The fourth-order valence-corrected chi connectivity index (χ4v) is 2.62. The van der Waals surface area contributed by atoms with Crippen LogP contribution in [0.5, 0.6) is 5.75 Å². The van der Waals surface area contributed by atoms with Crippen LogP contribution in [0.1, 0.15) is 31.1 Å². The summed E-state index contributed by atoms with van der Waals surface area (Å²) < 4.78 is 6.55. The monoisotopic (exact) mass is 414 g/mol. The number of carbonyl (C=O) groups is 3. The van der Waals surface area contributed by atoms with E-state index in [0.717, 1.165) is 0 Å². The molecule has 2 aromatic rings. The molecule has 3 amide bonds. The van der Waals surface area contributed by atoms with Gasteiger partial charge in [-0.1, -0.05) is 19.9 Å². The highest BCUT2D eigenvalue weighted by molar-refractivity contribution is 5.98. The molecule has 0 unspecified atom stereocenters. The fraction of sp³-hybridized carbons (Fsp3) is 0.333. The second-order valence-corrected chi connectivity index (χ2v) is 6.86. The third-order valence-electron chi connectivity index (χ3n) is 4.20. The van der Waals surface area contributed by atoms with Crippen molar-refractivity contribution in [2.45, 2.75) is 33.4 Å². The van der Waals surface area contributed by atoms with E-state index in [2.05, 4.69) is 16.2 Å². The second-order valence-electron chi connectivity index (χ2n) is 6.86. The molecule has 9 heteroatoms. The number of nitrogens with zero attached hydrogens (tertiary/aromatic N) is 1. The Kier molecular flexibility index (Phi) is 8.16. The first-order valence-corrected chi connectivity index (χ1v) is 9.59. The van der Waals surface area contributed by atoms with Crippen LogP contribution in [0.3, 0.4) is 0 Å². The Labute approximate surface area is 174 Å². The summed E-state index contributed by atoms with van der Waals surface area (Å²) in [6.07, 6.45) is 1.47. The first kappa shape index (κ1) is 22.7. The molecule has 0 saturated carbocycles. The minimum Gasteiger partial charge on any atom is -0.494 e. The molecule has 0 bridgehead atoms. The zero-order valence-corrected chi connectivity index (χ0v) is 17.2. The van der Waals surface area contributed by atoms with E-state index in [-0.39, 0.29) is 18.0 Å². The van der Waals surface area contributed by atoms with Crippen LogP contribution in [0.2, 0.25) is 0 Å². The third-order valence-corrected chi connectivity index (χ3v) is 4.20. The van der Waals surface area contributed by atoms with Crippen LogP contribution in [-0.2, 0) is 16.1 Å². The molecule has 1 heterocycles. The summed E-state index contributed by atoms with van der Waals surface area (Å²) in [4.78, 5) is 48.6. The molecule has 0 spiro atoms. The molecule has 0 aliphatic carbocycles. The summed E-state index contributed by atoms with van der Waals surface area (Å²) in [7, 11) is 0. The minimum absolute atomic E-state index is 0.231. The van der Waals surface area contributed by atoms with Crippen molar-refractivity contribution in [3.05, 3.63) is 64.6 Å². The van der Waals surface area contributed by atoms with Crippen LogP contribution < -0.4 is 26.5 Å². The maximum Gasteiger partial charge on any atom is 0.261 e. The largest absolute Gasteiger partial charge is 0.494 e. The van der Waals surface area contributed by atoms with Gasteiger partial charge in [-0.3, -0.25) is 30.0 Å². The molecular formula is C21H26N4O5. The molecule has 0 fully saturated rings. The number of nitrogens with one attached hydrogen (secondary N) is 3. The Balaban J connectivity index is 1.93. The number of hydrogen-bond donors (Lipinski definition) is 3. The van der Waals surface area contributed by atoms with Crippen LogP contribution in [0.25, 0.3) is 0 Å². The maximum absolute atomic E-state index is 12.5. The lowest BCUT2D eigenvalue weighted by Gasteiger charge is -2.22. The molecule has 0 saturated heterocycles. The van der Waals surface area contributed by atoms with Gasteiger partial charge in [-0.2, -0.15) is 0 Å². The van der Waals surface area contributed by atoms with E-state index in [1.807, 2.05) is 6.92 Å². The van der Waals surface area contributed by atoms with Gasteiger partial charge in [-0.15, -0.1) is 0 Å².